The molecule has 0 radical (unpaired) electrons. The number of aromatic nitrogens is 2. The molecule has 0 N–H and O–H groups in total. The van der Waals surface area contributed by atoms with E-state index in [9.17, 15) is 4.39 Å². The van der Waals surface area contributed by atoms with E-state index in [0.29, 0.717) is 12.1 Å². The first-order valence-electron chi connectivity index (χ1n) is 6.95. The van der Waals surface area contributed by atoms with Crippen LogP contribution in [0, 0.1) is 5.82 Å². The van der Waals surface area contributed by atoms with Gasteiger partial charge in [0.1, 0.15) is 5.82 Å². The van der Waals surface area contributed by atoms with Crippen molar-refractivity contribution >= 4 is 22.6 Å². The zero-order valence-corrected chi connectivity index (χ0v) is 13.3. The van der Waals surface area contributed by atoms with Crippen LogP contribution in [0.4, 0.5) is 4.39 Å². The predicted octanol–water partition coefficient (Wildman–Crippen LogP) is 3.91. The Kier molecular flexibility index (Phi) is 5.42. The highest BCUT2D eigenvalue weighted by atomic mass is 35.5. The van der Waals surface area contributed by atoms with Gasteiger partial charge in [-0.3, -0.25) is 0 Å². The second-order valence-electron chi connectivity index (χ2n) is 4.90. The highest BCUT2D eigenvalue weighted by molar-refractivity contribution is 6.16. The Morgan fingerprint density at radius 3 is 2.71 bits per heavy atom. The molecule has 0 fully saturated rings. The number of alkyl halides is 1. The van der Waals surface area contributed by atoms with Crippen molar-refractivity contribution in [2.45, 2.75) is 31.7 Å². The standard InChI is InChI=1S/C15H20ClFN2O2/c1-4-5-10(9-20-2)19-13-7-14(21-3)11(17)6-12(13)18-15(19)8-16/h6-7,10H,4-5,8-9H2,1-3H3. The Hall–Kier alpha value is -1.33. The molecule has 0 amide bonds. The molecule has 2 aromatic rings. The molecule has 2 rings (SSSR count). The largest absolute Gasteiger partial charge is 0.494 e. The molecule has 0 spiro atoms. The molecule has 1 aromatic heterocycles. The summed E-state index contributed by atoms with van der Waals surface area (Å²) in [7, 11) is 3.12. The SMILES string of the molecule is CCCC(COC)n1c(CCl)nc2cc(F)c(OC)cc21. The molecule has 0 saturated carbocycles. The van der Waals surface area contributed by atoms with Gasteiger partial charge in [-0.2, -0.15) is 0 Å². The van der Waals surface area contributed by atoms with Crippen molar-refractivity contribution in [3.63, 3.8) is 0 Å². The maximum atomic E-state index is 13.8. The van der Waals surface area contributed by atoms with Gasteiger partial charge in [0, 0.05) is 19.2 Å². The fraction of sp³-hybridized carbons (Fsp3) is 0.533. The van der Waals surface area contributed by atoms with Crippen LogP contribution in [0.15, 0.2) is 12.1 Å². The Balaban J connectivity index is 2.62. The number of hydrogen-bond donors (Lipinski definition) is 0. The summed E-state index contributed by atoms with van der Waals surface area (Å²) < 4.78 is 26.3. The summed E-state index contributed by atoms with van der Waals surface area (Å²) in [6, 6.07) is 3.18. The van der Waals surface area contributed by atoms with Crippen molar-refractivity contribution in [2.75, 3.05) is 20.8 Å². The molecule has 4 nitrogen and oxygen atoms in total. The van der Waals surface area contributed by atoms with E-state index in [4.69, 9.17) is 21.1 Å². The summed E-state index contributed by atoms with van der Waals surface area (Å²) in [5.41, 5.74) is 1.40. The van der Waals surface area contributed by atoms with Gasteiger partial charge in [0.15, 0.2) is 11.6 Å². The van der Waals surface area contributed by atoms with E-state index in [1.807, 2.05) is 4.57 Å². The zero-order valence-electron chi connectivity index (χ0n) is 12.5. The number of benzene rings is 1. The molecule has 116 valence electrons. The van der Waals surface area contributed by atoms with Crippen molar-refractivity contribution in [1.29, 1.82) is 0 Å². The molecule has 0 saturated heterocycles. The van der Waals surface area contributed by atoms with E-state index >= 15 is 0 Å². The number of nitrogens with zero attached hydrogens (tertiary/aromatic N) is 2. The molecule has 0 aliphatic carbocycles. The molecular weight excluding hydrogens is 295 g/mol. The lowest BCUT2D eigenvalue weighted by Crippen LogP contribution is -2.16. The summed E-state index contributed by atoms with van der Waals surface area (Å²) in [6.07, 6.45) is 1.94. The molecule has 1 heterocycles. The molecule has 1 atom stereocenters. The molecule has 1 aromatic carbocycles. The van der Waals surface area contributed by atoms with E-state index in [0.717, 1.165) is 24.2 Å². The quantitative estimate of drug-likeness (QED) is 0.727. The van der Waals surface area contributed by atoms with Crippen LogP contribution in [0.1, 0.15) is 31.6 Å². The third-order valence-corrected chi connectivity index (χ3v) is 3.74. The van der Waals surface area contributed by atoms with E-state index in [2.05, 4.69) is 11.9 Å². The van der Waals surface area contributed by atoms with E-state index in [1.165, 1.54) is 13.2 Å². The van der Waals surface area contributed by atoms with Gasteiger partial charge in [0.25, 0.3) is 0 Å². The molecule has 1 unspecified atom stereocenters. The lowest BCUT2D eigenvalue weighted by Gasteiger charge is -2.20. The Morgan fingerprint density at radius 2 is 2.14 bits per heavy atom. The summed E-state index contributed by atoms with van der Waals surface area (Å²) in [4.78, 5) is 4.43. The summed E-state index contributed by atoms with van der Waals surface area (Å²) in [5.74, 6) is 0.768. The van der Waals surface area contributed by atoms with Crippen LogP contribution in [0.25, 0.3) is 11.0 Å². The topological polar surface area (TPSA) is 36.3 Å². The Bertz CT molecular complexity index is 609. The van der Waals surface area contributed by atoms with Crippen molar-refractivity contribution < 1.29 is 13.9 Å². The maximum Gasteiger partial charge on any atom is 0.167 e. The third-order valence-electron chi connectivity index (χ3n) is 3.50. The van der Waals surface area contributed by atoms with Gasteiger partial charge < -0.3 is 14.0 Å². The number of halogens is 2. The number of methoxy groups -OCH3 is 2. The minimum Gasteiger partial charge on any atom is -0.494 e. The summed E-state index contributed by atoms with van der Waals surface area (Å²) in [5, 5.41) is 0. The molecule has 21 heavy (non-hydrogen) atoms. The number of hydrogen-bond acceptors (Lipinski definition) is 3. The van der Waals surface area contributed by atoms with E-state index in [-0.39, 0.29) is 17.7 Å². The van der Waals surface area contributed by atoms with Gasteiger partial charge in [0.2, 0.25) is 0 Å². The molecule has 0 bridgehead atoms. The number of fused-ring (bicyclic) bond motifs is 1. The summed E-state index contributed by atoms with van der Waals surface area (Å²) >= 11 is 6.01. The molecule has 0 aliphatic rings. The van der Waals surface area contributed by atoms with Crippen molar-refractivity contribution in [1.82, 2.24) is 9.55 Å². The van der Waals surface area contributed by atoms with E-state index < -0.39 is 5.82 Å². The number of rotatable bonds is 7. The number of ether oxygens (including phenoxy) is 2. The van der Waals surface area contributed by atoms with Gasteiger partial charge in [-0.1, -0.05) is 13.3 Å². The summed E-state index contributed by atoms with van der Waals surface area (Å²) in [6.45, 7) is 2.67. The maximum absolute atomic E-state index is 13.8. The second-order valence-corrected chi connectivity index (χ2v) is 5.17. The fourth-order valence-electron chi connectivity index (χ4n) is 2.62. The van der Waals surface area contributed by atoms with Crippen LogP contribution < -0.4 is 4.74 Å². The highest BCUT2D eigenvalue weighted by Gasteiger charge is 2.20. The molecule has 0 aliphatic heterocycles. The van der Waals surface area contributed by atoms with E-state index in [1.54, 1.807) is 13.2 Å². The third kappa shape index (κ3) is 3.14. The van der Waals surface area contributed by atoms with Crippen molar-refractivity contribution in [3.05, 3.63) is 23.8 Å². The average molecular weight is 315 g/mol. The Morgan fingerprint density at radius 1 is 1.38 bits per heavy atom. The fourth-order valence-corrected chi connectivity index (χ4v) is 2.81. The van der Waals surface area contributed by atoms with Crippen LogP contribution >= 0.6 is 11.6 Å². The molecular formula is C15H20ClFN2O2. The highest BCUT2D eigenvalue weighted by Crippen LogP contribution is 2.30. The monoisotopic (exact) mass is 314 g/mol. The first-order valence-corrected chi connectivity index (χ1v) is 7.48. The normalized spacial score (nSPS) is 12.8. The smallest absolute Gasteiger partial charge is 0.167 e. The van der Waals surface area contributed by atoms with Crippen LogP contribution in [-0.2, 0) is 10.6 Å². The average Bonchev–Trinajstić information content (AvgIpc) is 2.83. The van der Waals surface area contributed by atoms with Gasteiger partial charge in [-0.25, -0.2) is 9.37 Å². The van der Waals surface area contributed by atoms with Crippen molar-refractivity contribution in [3.8, 4) is 5.75 Å². The van der Waals surface area contributed by atoms with Crippen LogP contribution in [0.2, 0.25) is 0 Å². The Labute approximate surface area is 128 Å². The van der Waals surface area contributed by atoms with Crippen LogP contribution in [0.3, 0.4) is 0 Å². The van der Waals surface area contributed by atoms with Gasteiger partial charge >= 0.3 is 0 Å². The van der Waals surface area contributed by atoms with Gasteiger partial charge in [-0.15, -0.1) is 11.6 Å². The lowest BCUT2D eigenvalue weighted by molar-refractivity contribution is 0.151. The van der Waals surface area contributed by atoms with Gasteiger partial charge in [0.05, 0.1) is 36.7 Å². The first-order chi connectivity index (χ1) is 10.2. The van der Waals surface area contributed by atoms with Crippen LogP contribution in [-0.4, -0.2) is 30.4 Å². The minimum atomic E-state index is -0.422. The first kappa shape index (κ1) is 16.0. The predicted molar refractivity (Wildman–Crippen MR) is 81.6 cm³/mol. The van der Waals surface area contributed by atoms with Gasteiger partial charge in [-0.05, 0) is 6.42 Å². The van der Waals surface area contributed by atoms with Crippen molar-refractivity contribution in [2.24, 2.45) is 0 Å². The second kappa shape index (κ2) is 7.09. The van der Waals surface area contributed by atoms with Crippen LogP contribution in [0.5, 0.6) is 5.75 Å². The minimum absolute atomic E-state index is 0.119. The molecule has 6 heteroatoms. The zero-order chi connectivity index (χ0) is 15.4. The lowest BCUT2D eigenvalue weighted by atomic mass is 10.1. The number of imidazole rings is 1.